The van der Waals surface area contributed by atoms with Crippen molar-refractivity contribution in [2.45, 2.75) is 13.3 Å². The maximum absolute atomic E-state index is 12.3. The third-order valence-corrected chi connectivity index (χ3v) is 4.43. The molecule has 116 valence electrons. The molecule has 0 saturated heterocycles. The Hall–Kier alpha value is -2.09. The van der Waals surface area contributed by atoms with E-state index < -0.39 is 27.7 Å². The minimum absolute atomic E-state index is 0.250. The Labute approximate surface area is 123 Å². The molecule has 0 aliphatic heterocycles. The van der Waals surface area contributed by atoms with Crippen molar-refractivity contribution in [2.24, 2.45) is 0 Å². The fraction of sp³-hybridized carbons (Fsp3) is 0.385. The van der Waals surface area contributed by atoms with Crippen molar-refractivity contribution in [3.05, 3.63) is 29.8 Å². The topological polar surface area (TPSA) is 101 Å². The second kappa shape index (κ2) is 7.07. The summed E-state index contributed by atoms with van der Waals surface area (Å²) in [5.41, 5.74) is 1.01. The van der Waals surface area contributed by atoms with Crippen LogP contribution in [0.4, 0.5) is 5.69 Å². The van der Waals surface area contributed by atoms with Gasteiger partial charge in [-0.25, -0.2) is 8.42 Å². The first-order chi connectivity index (χ1) is 9.77. The van der Waals surface area contributed by atoms with Crippen LogP contribution in [0.2, 0.25) is 0 Å². The molecular formula is C13H17NO6S. The number of methoxy groups -OCH3 is 1. The molecule has 0 saturated carbocycles. The molecule has 1 aromatic rings. The van der Waals surface area contributed by atoms with E-state index in [0.717, 1.165) is 11.4 Å². The molecule has 8 heteroatoms. The Balaban J connectivity index is 3.16. The molecule has 0 aromatic heterocycles. The predicted octanol–water partition coefficient (Wildman–Crippen LogP) is 0.779. The number of aryl methyl sites for hydroxylation is 1. The number of carbonyl (C=O) groups is 2. The highest BCUT2D eigenvalue weighted by Crippen LogP contribution is 2.23. The number of hydrogen-bond acceptors (Lipinski definition) is 5. The SMILES string of the molecule is COC(=O)CS(=O)(=O)N(CCC(=O)O)c1ccccc1C. The van der Waals surface area contributed by atoms with Crippen LogP contribution in [0.25, 0.3) is 0 Å². The van der Waals surface area contributed by atoms with Crippen LogP contribution in [0.5, 0.6) is 0 Å². The van der Waals surface area contributed by atoms with Gasteiger partial charge in [-0.3, -0.25) is 13.9 Å². The van der Waals surface area contributed by atoms with Gasteiger partial charge in [0.1, 0.15) is 0 Å². The lowest BCUT2D eigenvalue weighted by Gasteiger charge is -2.24. The van der Waals surface area contributed by atoms with Crippen molar-refractivity contribution in [3.63, 3.8) is 0 Å². The van der Waals surface area contributed by atoms with Gasteiger partial charge in [-0.2, -0.15) is 0 Å². The number of sulfonamides is 1. The third-order valence-electron chi connectivity index (χ3n) is 2.78. The van der Waals surface area contributed by atoms with E-state index in [1.54, 1.807) is 31.2 Å². The van der Waals surface area contributed by atoms with E-state index in [1.807, 2.05) is 0 Å². The summed E-state index contributed by atoms with van der Waals surface area (Å²) < 4.78 is 29.9. The van der Waals surface area contributed by atoms with Crippen LogP contribution in [0.3, 0.4) is 0 Å². The van der Waals surface area contributed by atoms with E-state index in [-0.39, 0.29) is 13.0 Å². The molecule has 0 aliphatic rings. The number of para-hydroxylation sites is 1. The fourth-order valence-electron chi connectivity index (χ4n) is 1.74. The number of hydrogen-bond donors (Lipinski definition) is 1. The lowest BCUT2D eigenvalue weighted by Crippen LogP contribution is -2.37. The van der Waals surface area contributed by atoms with Crippen molar-refractivity contribution in [3.8, 4) is 0 Å². The van der Waals surface area contributed by atoms with Crippen LogP contribution < -0.4 is 4.31 Å². The van der Waals surface area contributed by atoms with Gasteiger partial charge in [-0.15, -0.1) is 0 Å². The number of carbonyl (C=O) groups excluding carboxylic acids is 1. The molecule has 0 unspecified atom stereocenters. The Kier molecular flexibility index (Phi) is 5.71. The zero-order valence-electron chi connectivity index (χ0n) is 11.8. The van der Waals surface area contributed by atoms with E-state index in [9.17, 15) is 18.0 Å². The number of aliphatic carboxylic acids is 1. The van der Waals surface area contributed by atoms with Crippen LogP contribution >= 0.6 is 0 Å². The number of benzene rings is 1. The second-order valence-electron chi connectivity index (χ2n) is 4.33. The van der Waals surface area contributed by atoms with Gasteiger partial charge in [-0.1, -0.05) is 18.2 Å². The normalized spacial score (nSPS) is 11.0. The molecule has 1 aromatic carbocycles. The molecule has 1 N–H and O–H groups in total. The van der Waals surface area contributed by atoms with E-state index in [0.29, 0.717) is 11.3 Å². The number of nitrogens with zero attached hydrogens (tertiary/aromatic N) is 1. The van der Waals surface area contributed by atoms with E-state index in [4.69, 9.17) is 5.11 Å². The maximum atomic E-state index is 12.3. The first-order valence-electron chi connectivity index (χ1n) is 6.12. The zero-order valence-corrected chi connectivity index (χ0v) is 12.6. The largest absolute Gasteiger partial charge is 0.481 e. The molecule has 0 bridgehead atoms. The lowest BCUT2D eigenvalue weighted by molar-refractivity contribution is -0.138. The first kappa shape index (κ1) is 17.0. The van der Waals surface area contributed by atoms with Gasteiger partial charge in [0.25, 0.3) is 0 Å². The number of ether oxygens (including phenoxy) is 1. The highest BCUT2D eigenvalue weighted by atomic mass is 32.2. The van der Waals surface area contributed by atoms with E-state index in [1.165, 1.54) is 0 Å². The number of esters is 1. The van der Waals surface area contributed by atoms with Gasteiger partial charge in [0.05, 0.1) is 19.2 Å². The van der Waals surface area contributed by atoms with Crippen molar-refractivity contribution in [2.75, 3.05) is 23.7 Å². The monoisotopic (exact) mass is 315 g/mol. The van der Waals surface area contributed by atoms with Crippen molar-refractivity contribution in [1.82, 2.24) is 0 Å². The smallest absolute Gasteiger partial charge is 0.322 e. The van der Waals surface area contributed by atoms with Crippen LogP contribution in [0, 0.1) is 6.92 Å². The third kappa shape index (κ3) is 4.75. The van der Waals surface area contributed by atoms with Crippen molar-refractivity contribution >= 4 is 27.6 Å². The molecule has 0 spiro atoms. The van der Waals surface area contributed by atoms with Crippen LogP contribution in [-0.4, -0.2) is 44.9 Å². The van der Waals surface area contributed by atoms with E-state index >= 15 is 0 Å². The van der Waals surface area contributed by atoms with Crippen LogP contribution in [0.15, 0.2) is 24.3 Å². The maximum Gasteiger partial charge on any atom is 0.322 e. The Morgan fingerprint density at radius 1 is 1.29 bits per heavy atom. The molecule has 0 radical (unpaired) electrons. The van der Waals surface area contributed by atoms with Gasteiger partial charge in [0.2, 0.25) is 10.0 Å². The second-order valence-corrected chi connectivity index (χ2v) is 6.23. The molecule has 21 heavy (non-hydrogen) atoms. The Morgan fingerprint density at radius 3 is 2.43 bits per heavy atom. The van der Waals surface area contributed by atoms with Gasteiger partial charge in [-0.05, 0) is 18.6 Å². The molecule has 0 fully saturated rings. The Morgan fingerprint density at radius 2 is 1.90 bits per heavy atom. The molecular weight excluding hydrogens is 298 g/mol. The molecule has 0 aliphatic carbocycles. The summed E-state index contributed by atoms with van der Waals surface area (Å²) in [5, 5.41) is 8.76. The molecule has 0 amide bonds. The summed E-state index contributed by atoms with van der Waals surface area (Å²) in [4.78, 5) is 22.0. The average molecular weight is 315 g/mol. The summed E-state index contributed by atoms with van der Waals surface area (Å²) in [5.74, 6) is -2.86. The fourth-order valence-corrected chi connectivity index (χ4v) is 3.18. The van der Waals surface area contributed by atoms with Gasteiger partial charge in [0, 0.05) is 6.54 Å². The summed E-state index contributed by atoms with van der Waals surface area (Å²) in [7, 11) is -2.92. The molecule has 0 atom stereocenters. The summed E-state index contributed by atoms with van der Waals surface area (Å²) in [6.07, 6.45) is -0.366. The van der Waals surface area contributed by atoms with Crippen LogP contribution in [-0.2, 0) is 24.3 Å². The summed E-state index contributed by atoms with van der Waals surface area (Å²) in [6.45, 7) is 1.45. The molecule has 7 nitrogen and oxygen atoms in total. The highest BCUT2D eigenvalue weighted by Gasteiger charge is 2.27. The zero-order chi connectivity index (χ0) is 16.0. The molecule has 0 heterocycles. The Bertz CT molecular complexity index is 625. The number of anilines is 1. The number of rotatable bonds is 7. The minimum Gasteiger partial charge on any atom is -0.481 e. The van der Waals surface area contributed by atoms with Gasteiger partial charge < -0.3 is 9.84 Å². The average Bonchev–Trinajstić information content (AvgIpc) is 2.39. The van der Waals surface area contributed by atoms with Gasteiger partial charge in [0.15, 0.2) is 5.75 Å². The van der Waals surface area contributed by atoms with Crippen molar-refractivity contribution in [1.29, 1.82) is 0 Å². The first-order valence-corrected chi connectivity index (χ1v) is 7.73. The van der Waals surface area contributed by atoms with Crippen molar-refractivity contribution < 1.29 is 27.9 Å². The minimum atomic E-state index is -4.01. The summed E-state index contributed by atoms with van der Waals surface area (Å²) in [6, 6.07) is 6.65. The highest BCUT2D eigenvalue weighted by molar-refractivity contribution is 7.93. The summed E-state index contributed by atoms with van der Waals surface area (Å²) >= 11 is 0. The van der Waals surface area contributed by atoms with E-state index in [2.05, 4.69) is 4.74 Å². The number of carboxylic acids is 1. The molecule has 1 rings (SSSR count). The van der Waals surface area contributed by atoms with Crippen LogP contribution in [0.1, 0.15) is 12.0 Å². The number of carboxylic acid groups (broad SMARTS) is 1. The van der Waals surface area contributed by atoms with Gasteiger partial charge >= 0.3 is 11.9 Å². The predicted molar refractivity (Wildman–Crippen MR) is 76.6 cm³/mol. The standard InChI is InChI=1S/C13H17NO6S/c1-10-5-3-4-6-11(10)14(8-7-12(15)16)21(18,19)9-13(17)20-2/h3-6H,7-9H2,1-2H3,(H,15,16). The lowest BCUT2D eigenvalue weighted by atomic mass is 10.2. The quantitative estimate of drug-likeness (QED) is 0.746.